The number of nitrogens with zero attached hydrogens (tertiary/aromatic N) is 1. The molecule has 0 unspecified atom stereocenters. The molecular formula is C15H12F2N2OS. The third-order valence-electron chi connectivity index (χ3n) is 3.22. The lowest BCUT2D eigenvalue weighted by molar-refractivity contribution is 0.104. The number of benzene rings is 1. The first-order chi connectivity index (χ1) is 10.1. The predicted molar refractivity (Wildman–Crippen MR) is 77.8 cm³/mol. The summed E-state index contributed by atoms with van der Waals surface area (Å²) >= 11 is 1.27. The van der Waals surface area contributed by atoms with Gasteiger partial charge in [-0.2, -0.15) is 0 Å². The van der Waals surface area contributed by atoms with E-state index in [1.165, 1.54) is 17.5 Å². The summed E-state index contributed by atoms with van der Waals surface area (Å²) in [6.45, 7) is 2.04. The molecule has 0 spiro atoms. The van der Waals surface area contributed by atoms with Gasteiger partial charge in [0.05, 0.1) is 11.3 Å². The van der Waals surface area contributed by atoms with Gasteiger partial charge in [0.15, 0.2) is 16.6 Å². The number of aryl methyl sites for hydroxylation is 1. The fourth-order valence-corrected chi connectivity index (χ4v) is 3.01. The van der Waals surface area contributed by atoms with Crippen LogP contribution in [0.5, 0.6) is 0 Å². The lowest BCUT2D eigenvalue weighted by Crippen LogP contribution is -2.00. The third kappa shape index (κ3) is 2.47. The van der Waals surface area contributed by atoms with Gasteiger partial charge in [-0.1, -0.05) is 13.3 Å². The van der Waals surface area contributed by atoms with E-state index in [-0.39, 0.29) is 5.78 Å². The number of carbonyl (C=O) groups excluding carboxylic acids is 1. The maximum absolute atomic E-state index is 13.4. The van der Waals surface area contributed by atoms with E-state index in [2.05, 4.69) is 9.97 Å². The molecule has 21 heavy (non-hydrogen) atoms. The third-order valence-corrected chi connectivity index (χ3v) is 4.11. The van der Waals surface area contributed by atoms with Crippen LogP contribution >= 0.6 is 11.3 Å². The number of aromatic amines is 1. The number of rotatable bonds is 4. The molecule has 1 N–H and O–H groups in total. The lowest BCUT2D eigenvalue weighted by Gasteiger charge is -1.97. The summed E-state index contributed by atoms with van der Waals surface area (Å²) < 4.78 is 26.5. The van der Waals surface area contributed by atoms with Crippen molar-refractivity contribution < 1.29 is 13.6 Å². The molecule has 3 nitrogen and oxygen atoms in total. The molecule has 6 heteroatoms. The molecule has 0 aliphatic heterocycles. The molecule has 0 saturated heterocycles. The van der Waals surface area contributed by atoms with E-state index >= 15 is 0 Å². The molecule has 2 aromatic heterocycles. The van der Waals surface area contributed by atoms with Gasteiger partial charge in [-0.3, -0.25) is 4.79 Å². The van der Waals surface area contributed by atoms with Crippen molar-refractivity contribution in [3.63, 3.8) is 0 Å². The number of halogens is 2. The number of fused-ring (bicyclic) bond motifs is 1. The van der Waals surface area contributed by atoms with Crippen LogP contribution in [0.25, 0.3) is 10.9 Å². The Balaban J connectivity index is 2.02. The van der Waals surface area contributed by atoms with Gasteiger partial charge in [0, 0.05) is 28.5 Å². The first kappa shape index (κ1) is 13.9. The molecule has 0 fully saturated rings. The molecule has 1 aromatic carbocycles. The highest BCUT2D eigenvalue weighted by molar-refractivity contribution is 7.12. The fourth-order valence-electron chi connectivity index (χ4n) is 2.20. The van der Waals surface area contributed by atoms with Gasteiger partial charge in [-0.05, 0) is 12.5 Å². The molecule has 0 atom stereocenters. The number of aromatic nitrogens is 2. The minimum Gasteiger partial charge on any atom is -0.360 e. The van der Waals surface area contributed by atoms with E-state index in [0.29, 0.717) is 21.5 Å². The van der Waals surface area contributed by atoms with Gasteiger partial charge in [0.2, 0.25) is 5.78 Å². The molecular weight excluding hydrogens is 294 g/mol. The molecule has 0 saturated carbocycles. The van der Waals surface area contributed by atoms with Crippen LogP contribution in [0.3, 0.4) is 0 Å². The number of nitrogens with one attached hydrogen (secondary N) is 1. The van der Waals surface area contributed by atoms with Crippen LogP contribution < -0.4 is 0 Å². The molecule has 2 heterocycles. The fraction of sp³-hybridized carbons (Fsp3) is 0.200. The second-order valence-electron chi connectivity index (χ2n) is 4.74. The Morgan fingerprint density at radius 1 is 1.33 bits per heavy atom. The second-order valence-corrected chi connectivity index (χ2v) is 5.60. The quantitative estimate of drug-likeness (QED) is 0.738. The maximum atomic E-state index is 13.4. The summed E-state index contributed by atoms with van der Waals surface area (Å²) in [5, 5.41) is 2.58. The smallest absolute Gasteiger partial charge is 0.223 e. The van der Waals surface area contributed by atoms with Crippen molar-refractivity contribution in [2.45, 2.75) is 19.8 Å². The summed E-state index contributed by atoms with van der Waals surface area (Å²) in [6.07, 6.45) is 3.24. The van der Waals surface area contributed by atoms with Gasteiger partial charge in [0.1, 0.15) is 0 Å². The Kier molecular flexibility index (Phi) is 3.55. The van der Waals surface area contributed by atoms with Crippen LogP contribution in [0.15, 0.2) is 23.7 Å². The minimum absolute atomic E-state index is 0.278. The van der Waals surface area contributed by atoms with Crippen LogP contribution in [-0.2, 0) is 6.42 Å². The molecule has 0 bridgehead atoms. The Hall–Kier alpha value is -2.08. The average Bonchev–Trinajstić information content (AvgIpc) is 3.06. The summed E-state index contributed by atoms with van der Waals surface area (Å²) in [4.78, 5) is 19.5. The van der Waals surface area contributed by atoms with Gasteiger partial charge in [0.25, 0.3) is 0 Å². The van der Waals surface area contributed by atoms with Gasteiger partial charge < -0.3 is 4.98 Å². The molecule has 3 aromatic rings. The number of hydrogen-bond acceptors (Lipinski definition) is 3. The van der Waals surface area contributed by atoms with Crippen molar-refractivity contribution >= 4 is 28.0 Å². The topological polar surface area (TPSA) is 45.8 Å². The van der Waals surface area contributed by atoms with Gasteiger partial charge in [-0.15, -0.1) is 11.3 Å². The van der Waals surface area contributed by atoms with Crippen LogP contribution in [0, 0.1) is 11.6 Å². The van der Waals surface area contributed by atoms with Crippen molar-refractivity contribution in [1.29, 1.82) is 0 Å². The number of thiazole rings is 1. The molecule has 0 amide bonds. The van der Waals surface area contributed by atoms with E-state index < -0.39 is 11.6 Å². The number of carbonyl (C=O) groups is 1. The van der Waals surface area contributed by atoms with E-state index in [9.17, 15) is 13.6 Å². The normalized spacial score (nSPS) is 11.2. The zero-order valence-corrected chi connectivity index (χ0v) is 12.1. The van der Waals surface area contributed by atoms with E-state index in [4.69, 9.17) is 0 Å². The van der Waals surface area contributed by atoms with Gasteiger partial charge in [-0.25, -0.2) is 13.8 Å². The summed E-state index contributed by atoms with van der Waals surface area (Å²) in [5.74, 6) is -2.19. The summed E-state index contributed by atoms with van der Waals surface area (Å²) in [7, 11) is 0. The average molecular weight is 306 g/mol. The van der Waals surface area contributed by atoms with Crippen LogP contribution in [0.4, 0.5) is 8.78 Å². The Morgan fingerprint density at radius 2 is 2.10 bits per heavy atom. The number of hydrogen-bond donors (Lipinski definition) is 1. The zero-order chi connectivity index (χ0) is 15.0. The van der Waals surface area contributed by atoms with Crippen molar-refractivity contribution in [3.05, 3.63) is 51.6 Å². The minimum atomic E-state index is -0.970. The Bertz CT molecular complexity index is 822. The largest absolute Gasteiger partial charge is 0.360 e. The zero-order valence-electron chi connectivity index (χ0n) is 11.2. The van der Waals surface area contributed by atoms with Crippen LogP contribution in [0.1, 0.15) is 34.4 Å². The molecule has 0 aliphatic rings. The molecule has 0 aliphatic carbocycles. The Morgan fingerprint density at radius 3 is 2.86 bits per heavy atom. The van der Waals surface area contributed by atoms with Crippen molar-refractivity contribution in [2.75, 3.05) is 0 Å². The van der Waals surface area contributed by atoms with E-state index in [1.54, 1.807) is 0 Å². The monoisotopic (exact) mass is 306 g/mol. The number of H-pyrrole nitrogens is 1. The second kappa shape index (κ2) is 5.37. The highest BCUT2D eigenvalue weighted by Gasteiger charge is 2.19. The van der Waals surface area contributed by atoms with Gasteiger partial charge >= 0.3 is 0 Å². The molecule has 0 radical (unpaired) electrons. The molecule has 108 valence electrons. The van der Waals surface area contributed by atoms with E-state index in [1.807, 2.05) is 12.3 Å². The number of ketones is 1. The van der Waals surface area contributed by atoms with Crippen molar-refractivity contribution in [1.82, 2.24) is 9.97 Å². The SMILES string of the molecule is CCCc1csc(C(=O)c2c[nH]c3cc(F)c(F)cc23)n1. The maximum Gasteiger partial charge on any atom is 0.223 e. The lowest BCUT2D eigenvalue weighted by atomic mass is 10.1. The molecule has 3 rings (SSSR count). The first-order valence-electron chi connectivity index (χ1n) is 6.55. The van der Waals surface area contributed by atoms with Crippen molar-refractivity contribution in [2.24, 2.45) is 0 Å². The summed E-state index contributed by atoms with van der Waals surface area (Å²) in [6, 6.07) is 2.08. The summed E-state index contributed by atoms with van der Waals surface area (Å²) in [5.41, 5.74) is 1.58. The highest BCUT2D eigenvalue weighted by Crippen LogP contribution is 2.25. The Labute approximate surface area is 123 Å². The predicted octanol–water partition coefficient (Wildman–Crippen LogP) is 4.09. The van der Waals surface area contributed by atoms with E-state index in [0.717, 1.165) is 30.7 Å². The standard InChI is InChI=1S/C15H12F2N2OS/c1-2-3-8-7-21-15(19-8)14(20)10-6-18-13-5-12(17)11(16)4-9(10)13/h4-7,18H,2-3H2,1H3. The van der Waals surface area contributed by atoms with Crippen molar-refractivity contribution in [3.8, 4) is 0 Å². The van der Waals surface area contributed by atoms with Crippen LogP contribution in [0.2, 0.25) is 0 Å². The van der Waals surface area contributed by atoms with Crippen LogP contribution in [-0.4, -0.2) is 15.8 Å². The first-order valence-corrected chi connectivity index (χ1v) is 7.43. The highest BCUT2D eigenvalue weighted by atomic mass is 32.1.